The molecule has 7 heteroatoms. The summed E-state index contributed by atoms with van der Waals surface area (Å²) in [5.74, 6) is -0.695. The zero-order chi connectivity index (χ0) is 15.1. The molecule has 2 rings (SSSR count). The van der Waals surface area contributed by atoms with E-state index in [2.05, 4.69) is 15.8 Å². The van der Waals surface area contributed by atoms with Gasteiger partial charge >= 0.3 is 0 Å². The van der Waals surface area contributed by atoms with E-state index in [1.807, 2.05) is 0 Å². The molecule has 0 aliphatic rings. The number of phenolic OH excluding ortho intramolecular Hbond substituents is 1. The zero-order valence-corrected chi connectivity index (χ0v) is 10.9. The summed E-state index contributed by atoms with van der Waals surface area (Å²) in [5, 5.41) is 15.5. The van der Waals surface area contributed by atoms with E-state index in [9.17, 15) is 14.7 Å². The highest BCUT2D eigenvalue weighted by Gasteiger charge is 2.10. The molecule has 0 spiro atoms. The van der Waals surface area contributed by atoms with Crippen LogP contribution in [0.5, 0.6) is 5.75 Å². The second-order valence-corrected chi connectivity index (χ2v) is 4.01. The van der Waals surface area contributed by atoms with E-state index >= 15 is 0 Å². The molecule has 7 nitrogen and oxygen atoms in total. The molecule has 1 aromatic heterocycles. The Kier molecular flexibility index (Phi) is 4.70. The maximum atomic E-state index is 11.7. The second-order valence-electron chi connectivity index (χ2n) is 4.01. The maximum absolute atomic E-state index is 11.7. The van der Waals surface area contributed by atoms with Crippen molar-refractivity contribution in [2.45, 2.75) is 0 Å². The monoisotopic (exact) mass is 287 g/mol. The molecule has 3 N–H and O–H groups in total. The van der Waals surface area contributed by atoms with E-state index < -0.39 is 11.8 Å². The molecule has 1 aromatic carbocycles. The molecule has 0 bridgehead atoms. The first kappa shape index (κ1) is 14.3. The molecule has 21 heavy (non-hydrogen) atoms. The predicted molar refractivity (Wildman–Crippen MR) is 74.9 cm³/mol. The van der Waals surface area contributed by atoms with Crippen LogP contribution in [0.1, 0.15) is 16.1 Å². The molecule has 0 saturated carbocycles. The first-order chi connectivity index (χ1) is 10.2. The van der Waals surface area contributed by atoms with Crippen LogP contribution in [-0.4, -0.2) is 29.7 Å². The molecule has 0 radical (unpaired) electrons. The molecule has 0 aliphatic heterocycles. The van der Waals surface area contributed by atoms with E-state index in [0.29, 0.717) is 5.76 Å². The number of amides is 2. The van der Waals surface area contributed by atoms with Gasteiger partial charge in [0.25, 0.3) is 11.8 Å². The van der Waals surface area contributed by atoms with E-state index in [-0.39, 0.29) is 17.9 Å². The number of hydrazone groups is 1. The Balaban J connectivity index is 1.79. The van der Waals surface area contributed by atoms with Gasteiger partial charge in [-0.2, -0.15) is 5.10 Å². The average molecular weight is 287 g/mol. The summed E-state index contributed by atoms with van der Waals surface area (Å²) in [6, 6.07) is 9.43. The van der Waals surface area contributed by atoms with Crippen molar-refractivity contribution in [3.63, 3.8) is 0 Å². The number of nitrogens with one attached hydrogen (secondary N) is 2. The highest BCUT2D eigenvalue weighted by molar-refractivity contribution is 5.98. The molecular weight excluding hydrogens is 274 g/mol. The molecule has 1 heterocycles. The number of benzene rings is 1. The minimum atomic E-state index is -0.543. The van der Waals surface area contributed by atoms with Gasteiger partial charge in [0.2, 0.25) is 0 Å². The first-order valence-electron chi connectivity index (χ1n) is 6.08. The zero-order valence-electron chi connectivity index (χ0n) is 10.9. The van der Waals surface area contributed by atoms with Crippen LogP contribution in [0.15, 0.2) is 52.2 Å². The second kappa shape index (κ2) is 6.90. The van der Waals surface area contributed by atoms with Gasteiger partial charge in [0.1, 0.15) is 11.5 Å². The number of carbonyl (C=O) groups is 2. The Morgan fingerprint density at radius 2 is 2.05 bits per heavy atom. The van der Waals surface area contributed by atoms with Gasteiger partial charge in [-0.1, -0.05) is 12.1 Å². The number of rotatable bonds is 5. The Labute approximate surface area is 120 Å². The summed E-state index contributed by atoms with van der Waals surface area (Å²) < 4.78 is 4.99. The van der Waals surface area contributed by atoms with Gasteiger partial charge in [-0.05, 0) is 24.3 Å². The minimum Gasteiger partial charge on any atom is -0.507 e. The molecule has 2 aromatic rings. The smallest absolute Gasteiger partial charge is 0.259 e. The van der Waals surface area contributed by atoms with Crippen molar-refractivity contribution in [3.05, 3.63) is 54.0 Å². The number of furan rings is 1. The van der Waals surface area contributed by atoms with Crippen molar-refractivity contribution in [1.29, 1.82) is 0 Å². The average Bonchev–Trinajstić information content (AvgIpc) is 2.98. The Hall–Kier alpha value is -3.09. The Morgan fingerprint density at radius 3 is 2.76 bits per heavy atom. The summed E-state index contributed by atoms with van der Waals surface area (Å²) in [6.07, 6.45) is 2.82. The number of nitrogens with zero attached hydrogens (tertiary/aromatic N) is 1. The standard InChI is InChI=1S/C14H13N3O4/c18-12-6-2-1-5-11(12)14(20)15-9-13(19)17-16-8-10-4-3-7-21-10/h1-8,18H,9H2,(H,15,20)(H,17,19)/b16-8-. The molecule has 0 saturated heterocycles. The van der Waals surface area contributed by atoms with Crippen molar-refractivity contribution in [2.24, 2.45) is 5.10 Å². The summed E-state index contributed by atoms with van der Waals surface area (Å²) in [5.41, 5.74) is 2.34. The van der Waals surface area contributed by atoms with Crippen LogP contribution in [0, 0.1) is 0 Å². The van der Waals surface area contributed by atoms with Crippen LogP contribution in [0.2, 0.25) is 0 Å². The normalized spacial score (nSPS) is 10.5. The number of hydrogen-bond donors (Lipinski definition) is 3. The molecule has 0 unspecified atom stereocenters. The predicted octanol–water partition coefficient (Wildman–Crippen LogP) is 0.865. The van der Waals surface area contributed by atoms with Crippen molar-refractivity contribution in [1.82, 2.24) is 10.7 Å². The number of hydrogen-bond acceptors (Lipinski definition) is 5. The SMILES string of the molecule is O=C(CNC(=O)c1ccccc1O)N/N=C\c1ccco1. The summed E-state index contributed by atoms with van der Waals surface area (Å²) in [4.78, 5) is 23.2. The van der Waals surface area contributed by atoms with Gasteiger partial charge in [-0.15, -0.1) is 0 Å². The third kappa shape index (κ3) is 4.20. The van der Waals surface area contributed by atoms with Crippen molar-refractivity contribution in [2.75, 3.05) is 6.54 Å². The van der Waals surface area contributed by atoms with Gasteiger partial charge in [-0.3, -0.25) is 9.59 Å². The van der Waals surface area contributed by atoms with Crippen molar-refractivity contribution < 1.29 is 19.1 Å². The lowest BCUT2D eigenvalue weighted by molar-refractivity contribution is -0.120. The van der Waals surface area contributed by atoms with E-state index in [1.54, 1.807) is 24.3 Å². The van der Waals surface area contributed by atoms with Crippen LogP contribution in [0.25, 0.3) is 0 Å². The quantitative estimate of drug-likeness (QED) is 0.560. The van der Waals surface area contributed by atoms with E-state index in [0.717, 1.165) is 0 Å². The highest BCUT2D eigenvalue weighted by Crippen LogP contribution is 2.14. The Bertz CT molecular complexity index is 650. The molecular formula is C14H13N3O4. The van der Waals surface area contributed by atoms with Crippen molar-refractivity contribution in [3.8, 4) is 5.75 Å². The topological polar surface area (TPSA) is 104 Å². The van der Waals surface area contributed by atoms with Crippen LogP contribution >= 0.6 is 0 Å². The summed E-state index contributed by atoms with van der Waals surface area (Å²) in [7, 11) is 0. The van der Waals surface area contributed by atoms with Crippen LogP contribution in [-0.2, 0) is 4.79 Å². The van der Waals surface area contributed by atoms with Gasteiger partial charge in [0, 0.05) is 0 Å². The maximum Gasteiger partial charge on any atom is 0.259 e. The number of carbonyl (C=O) groups excluding carboxylic acids is 2. The molecule has 108 valence electrons. The Morgan fingerprint density at radius 1 is 1.24 bits per heavy atom. The number of para-hydroxylation sites is 1. The molecule has 2 amide bonds. The summed E-state index contributed by atoms with van der Waals surface area (Å²) >= 11 is 0. The third-order valence-corrected chi connectivity index (χ3v) is 2.48. The lowest BCUT2D eigenvalue weighted by Crippen LogP contribution is -2.34. The van der Waals surface area contributed by atoms with E-state index in [1.165, 1.54) is 24.6 Å². The fourth-order valence-electron chi connectivity index (χ4n) is 1.49. The van der Waals surface area contributed by atoms with Crippen LogP contribution in [0.4, 0.5) is 0 Å². The number of phenols is 1. The summed E-state index contributed by atoms with van der Waals surface area (Å²) in [6.45, 7) is -0.261. The largest absolute Gasteiger partial charge is 0.507 e. The molecule has 0 atom stereocenters. The lowest BCUT2D eigenvalue weighted by atomic mass is 10.2. The van der Waals surface area contributed by atoms with Crippen LogP contribution < -0.4 is 10.7 Å². The number of aromatic hydroxyl groups is 1. The fourth-order valence-corrected chi connectivity index (χ4v) is 1.49. The van der Waals surface area contributed by atoms with Crippen LogP contribution in [0.3, 0.4) is 0 Å². The van der Waals surface area contributed by atoms with Gasteiger partial charge in [0.05, 0.1) is 24.6 Å². The highest BCUT2D eigenvalue weighted by atomic mass is 16.3. The van der Waals surface area contributed by atoms with Crippen molar-refractivity contribution >= 4 is 18.0 Å². The van der Waals surface area contributed by atoms with Gasteiger partial charge in [-0.25, -0.2) is 5.43 Å². The first-order valence-corrected chi connectivity index (χ1v) is 6.08. The lowest BCUT2D eigenvalue weighted by Gasteiger charge is -2.05. The van der Waals surface area contributed by atoms with Gasteiger partial charge in [0.15, 0.2) is 0 Å². The molecule has 0 fully saturated rings. The fraction of sp³-hybridized carbons (Fsp3) is 0.0714. The minimum absolute atomic E-state index is 0.101. The molecule has 0 aliphatic carbocycles. The van der Waals surface area contributed by atoms with Gasteiger partial charge < -0.3 is 14.8 Å². The van der Waals surface area contributed by atoms with E-state index in [4.69, 9.17) is 4.42 Å². The third-order valence-electron chi connectivity index (χ3n) is 2.48.